The second-order valence-corrected chi connectivity index (χ2v) is 4.82. The molecule has 0 amide bonds. The first kappa shape index (κ1) is 14.1. The Kier molecular flexibility index (Phi) is 5.09. The van der Waals surface area contributed by atoms with Crippen LogP contribution < -0.4 is 5.73 Å². The van der Waals surface area contributed by atoms with Crippen LogP contribution in [0.25, 0.3) is 0 Å². The fraction of sp³-hybridized carbons (Fsp3) is 0.571. The summed E-state index contributed by atoms with van der Waals surface area (Å²) in [5.74, 6) is 0.258. The number of nitrogens with two attached hydrogens (primary N) is 1. The lowest BCUT2D eigenvalue weighted by atomic mass is 9.99. The highest BCUT2D eigenvalue weighted by molar-refractivity contribution is 5.20. The van der Waals surface area contributed by atoms with Crippen molar-refractivity contribution in [1.82, 2.24) is 4.90 Å². The summed E-state index contributed by atoms with van der Waals surface area (Å²) in [5.41, 5.74) is 6.42. The average Bonchev–Trinajstić information content (AvgIpc) is 2.35. The lowest BCUT2D eigenvalue weighted by Gasteiger charge is -2.34. The minimum atomic E-state index is -0.139. The molecule has 17 heavy (non-hydrogen) atoms. The first-order chi connectivity index (χ1) is 7.99. The summed E-state index contributed by atoms with van der Waals surface area (Å²) >= 11 is 0. The SMILES string of the molecule is CC(CN)C(C)N(C)C(C)c1ccccc1F. The van der Waals surface area contributed by atoms with E-state index in [0.717, 1.165) is 5.56 Å². The second kappa shape index (κ2) is 6.12. The van der Waals surface area contributed by atoms with E-state index >= 15 is 0 Å². The monoisotopic (exact) mass is 238 g/mol. The zero-order chi connectivity index (χ0) is 13.0. The number of nitrogens with zero attached hydrogens (tertiary/aromatic N) is 1. The van der Waals surface area contributed by atoms with Gasteiger partial charge in [-0.3, -0.25) is 4.90 Å². The van der Waals surface area contributed by atoms with Crippen LogP contribution in [0.2, 0.25) is 0 Å². The Morgan fingerprint density at radius 2 is 1.82 bits per heavy atom. The third-order valence-corrected chi connectivity index (χ3v) is 3.80. The second-order valence-electron chi connectivity index (χ2n) is 4.82. The molecule has 2 nitrogen and oxygen atoms in total. The molecule has 0 saturated heterocycles. The Hall–Kier alpha value is -0.930. The fourth-order valence-electron chi connectivity index (χ4n) is 1.98. The molecule has 0 aliphatic carbocycles. The topological polar surface area (TPSA) is 29.3 Å². The quantitative estimate of drug-likeness (QED) is 0.854. The molecule has 1 aromatic carbocycles. The first-order valence-corrected chi connectivity index (χ1v) is 6.15. The largest absolute Gasteiger partial charge is 0.330 e. The van der Waals surface area contributed by atoms with Crippen molar-refractivity contribution < 1.29 is 4.39 Å². The van der Waals surface area contributed by atoms with Crippen LogP contribution in [-0.2, 0) is 0 Å². The highest BCUT2D eigenvalue weighted by Crippen LogP contribution is 2.25. The summed E-state index contributed by atoms with van der Waals surface area (Å²) in [6.45, 7) is 6.93. The highest BCUT2D eigenvalue weighted by atomic mass is 19.1. The van der Waals surface area contributed by atoms with E-state index in [1.807, 2.05) is 26.1 Å². The summed E-state index contributed by atoms with van der Waals surface area (Å²) in [4.78, 5) is 2.18. The van der Waals surface area contributed by atoms with E-state index in [9.17, 15) is 4.39 Å². The molecule has 3 heteroatoms. The molecule has 0 aliphatic rings. The van der Waals surface area contributed by atoms with E-state index in [0.29, 0.717) is 18.5 Å². The predicted molar refractivity (Wildman–Crippen MR) is 70.3 cm³/mol. The van der Waals surface area contributed by atoms with Crippen LogP contribution in [0.4, 0.5) is 4.39 Å². The van der Waals surface area contributed by atoms with E-state index < -0.39 is 0 Å². The van der Waals surface area contributed by atoms with Crippen LogP contribution >= 0.6 is 0 Å². The zero-order valence-electron chi connectivity index (χ0n) is 11.2. The van der Waals surface area contributed by atoms with Crippen molar-refractivity contribution in [1.29, 1.82) is 0 Å². The van der Waals surface area contributed by atoms with Gasteiger partial charge in [-0.15, -0.1) is 0 Å². The smallest absolute Gasteiger partial charge is 0.127 e. The van der Waals surface area contributed by atoms with Gasteiger partial charge in [-0.25, -0.2) is 4.39 Å². The van der Waals surface area contributed by atoms with Crippen LogP contribution in [-0.4, -0.2) is 24.5 Å². The molecule has 1 aromatic rings. The van der Waals surface area contributed by atoms with Crippen molar-refractivity contribution in [2.75, 3.05) is 13.6 Å². The van der Waals surface area contributed by atoms with E-state index in [1.165, 1.54) is 6.07 Å². The maximum Gasteiger partial charge on any atom is 0.127 e. The van der Waals surface area contributed by atoms with Gasteiger partial charge in [-0.2, -0.15) is 0 Å². The third kappa shape index (κ3) is 3.27. The molecule has 0 bridgehead atoms. The van der Waals surface area contributed by atoms with Gasteiger partial charge in [0.1, 0.15) is 5.82 Å². The van der Waals surface area contributed by atoms with E-state index in [-0.39, 0.29) is 11.9 Å². The maximum absolute atomic E-state index is 13.7. The lowest BCUT2D eigenvalue weighted by Crippen LogP contribution is -2.39. The van der Waals surface area contributed by atoms with Gasteiger partial charge < -0.3 is 5.73 Å². The Bertz CT molecular complexity index is 354. The summed E-state index contributed by atoms with van der Waals surface area (Å²) in [5, 5.41) is 0. The van der Waals surface area contributed by atoms with Crippen molar-refractivity contribution in [2.24, 2.45) is 11.7 Å². The van der Waals surface area contributed by atoms with E-state index in [2.05, 4.69) is 18.7 Å². The molecule has 96 valence electrons. The van der Waals surface area contributed by atoms with Gasteiger partial charge in [-0.1, -0.05) is 25.1 Å². The molecule has 2 N–H and O–H groups in total. The number of benzene rings is 1. The number of hydrogen-bond donors (Lipinski definition) is 1. The van der Waals surface area contributed by atoms with Crippen molar-refractivity contribution >= 4 is 0 Å². The molecule has 0 saturated carbocycles. The van der Waals surface area contributed by atoms with Gasteiger partial charge in [0.05, 0.1) is 0 Å². The van der Waals surface area contributed by atoms with Gasteiger partial charge in [-0.05, 0) is 39.4 Å². The first-order valence-electron chi connectivity index (χ1n) is 6.15. The Morgan fingerprint density at radius 3 is 2.35 bits per heavy atom. The van der Waals surface area contributed by atoms with Gasteiger partial charge in [0.2, 0.25) is 0 Å². The summed E-state index contributed by atoms with van der Waals surface area (Å²) in [7, 11) is 2.02. The minimum absolute atomic E-state index is 0.0557. The van der Waals surface area contributed by atoms with Crippen molar-refractivity contribution in [2.45, 2.75) is 32.9 Å². The Morgan fingerprint density at radius 1 is 1.24 bits per heavy atom. The van der Waals surface area contributed by atoms with Crippen LogP contribution in [0, 0.1) is 11.7 Å². The van der Waals surface area contributed by atoms with Crippen LogP contribution in [0.15, 0.2) is 24.3 Å². The molecule has 3 atom stereocenters. The molecular formula is C14H23FN2. The van der Waals surface area contributed by atoms with E-state index in [4.69, 9.17) is 5.73 Å². The minimum Gasteiger partial charge on any atom is -0.330 e. The summed E-state index contributed by atoms with van der Waals surface area (Å²) in [6.07, 6.45) is 0. The molecule has 0 spiro atoms. The molecule has 0 heterocycles. The van der Waals surface area contributed by atoms with E-state index in [1.54, 1.807) is 6.07 Å². The average molecular weight is 238 g/mol. The van der Waals surface area contributed by atoms with Gasteiger partial charge in [0, 0.05) is 17.6 Å². The van der Waals surface area contributed by atoms with Gasteiger partial charge >= 0.3 is 0 Å². The predicted octanol–water partition coefficient (Wildman–Crippen LogP) is 2.80. The number of rotatable bonds is 5. The number of hydrogen-bond acceptors (Lipinski definition) is 2. The fourth-order valence-corrected chi connectivity index (χ4v) is 1.98. The Labute approximate surface area is 104 Å². The molecule has 3 unspecified atom stereocenters. The summed E-state index contributed by atoms with van der Waals surface area (Å²) in [6, 6.07) is 7.33. The van der Waals surface area contributed by atoms with Crippen LogP contribution in [0.3, 0.4) is 0 Å². The lowest BCUT2D eigenvalue weighted by molar-refractivity contribution is 0.151. The van der Waals surface area contributed by atoms with Crippen molar-refractivity contribution in [3.05, 3.63) is 35.6 Å². The maximum atomic E-state index is 13.7. The van der Waals surface area contributed by atoms with Crippen LogP contribution in [0.5, 0.6) is 0 Å². The molecular weight excluding hydrogens is 215 g/mol. The zero-order valence-corrected chi connectivity index (χ0v) is 11.2. The molecule has 1 rings (SSSR count). The Balaban J connectivity index is 2.83. The van der Waals surface area contributed by atoms with Crippen LogP contribution in [0.1, 0.15) is 32.4 Å². The molecule has 0 fully saturated rings. The standard InChI is InChI=1S/C14H23FN2/c1-10(9-16)11(2)17(4)12(3)13-7-5-6-8-14(13)15/h5-8,10-12H,9,16H2,1-4H3. The van der Waals surface area contributed by atoms with Crippen molar-refractivity contribution in [3.8, 4) is 0 Å². The number of halogens is 1. The highest BCUT2D eigenvalue weighted by Gasteiger charge is 2.22. The molecule has 0 aliphatic heterocycles. The molecule has 0 radical (unpaired) electrons. The molecule has 0 aromatic heterocycles. The third-order valence-electron chi connectivity index (χ3n) is 3.80. The normalized spacial score (nSPS) is 16.9. The van der Waals surface area contributed by atoms with Crippen molar-refractivity contribution in [3.63, 3.8) is 0 Å². The van der Waals surface area contributed by atoms with Gasteiger partial charge in [0.15, 0.2) is 0 Å². The summed E-state index contributed by atoms with van der Waals surface area (Å²) < 4.78 is 13.7. The van der Waals surface area contributed by atoms with Gasteiger partial charge in [0.25, 0.3) is 0 Å².